The van der Waals surface area contributed by atoms with Crippen molar-refractivity contribution in [2.24, 2.45) is 0 Å². The summed E-state index contributed by atoms with van der Waals surface area (Å²) in [4.78, 5) is 197. The van der Waals surface area contributed by atoms with Crippen molar-refractivity contribution in [1.29, 1.82) is 0 Å². The second-order valence-electron chi connectivity index (χ2n) is 27.1. The number of benzene rings is 12. The fraction of sp³-hybridized carbons (Fsp3) is 0.0233. The van der Waals surface area contributed by atoms with Crippen LogP contribution in [0.5, 0.6) is 0 Å². The van der Waals surface area contributed by atoms with Crippen molar-refractivity contribution in [3.63, 3.8) is 0 Å². The zero-order chi connectivity index (χ0) is 82.3. The summed E-state index contributed by atoms with van der Waals surface area (Å²) in [5.74, 6) is -12.9. The zero-order valence-corrected chi connectivity index (χ0v) is 67.4. The van der Waals surface area contributed by atoms with Crippen LogP contribution in [0.1, 0.15) is 158 Å². The fourth-order valence-corrected chi connectivity index (χ4v) is 17.9. The van der Waals surface area contributed by atoms with Crippen LogP contribution in [-0.4, -0.2) is 70.9 Å². The van der Waals surface area contributed by atoms with Gasteiger partial charge in [0, 0.05) is 33.4 Å². The first-order chi connectivity index (χ1) is 56.0. The zero-order valence-electron chi connectivity index (χ0n) is 58.3. The maximum atomic E-state index is 16.1. The van der Waals surface area contributed by atoms with E-state index in [0.29, 0.717) is 0 Å². The molecule has 12 aromatic rings. The van der Waals surface area contributed by atoms with Crippen LogP contribution in [0.3, 0.4) is 0 Å². The van der Waals surface area contributed by atoms with Gasteiger partial charge in [-0.2, -0.15) is 0 Å². The van der Waals surface area contributed by atoms with Gasteiger partial charge < -0.3 is 4.74 Å². The Balaban J connectivity index is 1.08. The van der Waals surface area contributed by atoms with E-state index in [1.807, 2.05) is 0 Å². The number of carbonyl (C=O) groups excluding carboxylic acids is 12. The van der Waals surface area contributed by atoms with Crippen molar-refractivity contribution < 1.29 is 62.3 Å². The predicted molar refractivity (Wildman–Crippen MR) is 445 cm³/mol. The predicted octanol–water partition coefficient (Wildman–Crippen LogP) is 21.6. The molecule has 0 fully saturated rings. The summed E-state index contributed by atoms with van der Waals surface area (Å²) in [6, 6.07) is 46.8. The molecule has 18 rings (SSSR count). The standard InChI is InChI=1S/C86H36Cl12N6O13/c87-55-25-37-38(26-56(55)88)74(106)99(73(37)105)67-19-7-1-13-49(67)85(50-14-2-8-20-68(50)100-75(107)39-27-57(89)58(90)28-40(39)76(100)108,51-15-3-9-21-69(51)101-77(109)41-29-59(91)60(92)30-42(41)78(101)110)117-86(52-16-4-10-22-70(52)102-79(111)43-31-61(93)62(94)32-44(43)80(102)112,53-17-5-11-23-71(53)103-81(113)45-33-63(95)64(96)34-46(45)82(103)114)54-18-6-12-24-72(54)104-83(115)47-35-65(97)66(98)36-48(47)84(104)116/h1-36H. The van der Waals surface area contributed by atoms with Gasteiger partial charge >= 0.3 is 0 Å². The molecule has 6 aliphatic heterocycles. The molecule has 0 aliphatic carbocycles. The van der Waals surface area contributed by atoms with Gasteiger partial charge in [0.05, 0.1) is 161 Å². The molecule has 6 aliphatic rings. The molecule has 19 nitrogen and oxygen atoms in total. The van der Waals surface area contributed by atoms with Crippen molar-refractivity contribution in [1.82, 2.24) is 0 Å². The van der Waals surface area contributed by atoms with Crippen LogP contribution in [0, 0.1) is 0 Å². The molecule has 0 bridgehead atoms. The van der Waals surface area contributed by atoms with Gasteiger partial charge in [0.1, 0.15) is 0 Å². The molecule has 31 heteroatoms. The van der Waals surface area contributed by atoms with E-state index >= 15 is 57.5 Å². The van der Waals surface area contributed by atoms with E-state index in [9.17, 15) is 0 Å². The molecule has 0 spiro atoms. The molecule has 12 aromatic carbocycles. The largest absolute Gasteiger partial charge is 0.340 e. The minimum atomic E-state index is -3.30. The number of hydrogen-bond donors (Lipinski definition) is 0. The SMILES string of the molecule is O=C1c2cc(Cl)c(Cl)cc2C(=O)N1c1ccccc1C(OC(c1ccccc1N1C(=O)c2cc(Cl)c(Cl)cc2C1=O)(c1ccccc1N1C(=O)c2cc(Cl)c(Cl)cc2C1=O)c1ccccc1N1C(=O)c2cc(Cl)c(Cl)cc2C1=O)(c1ccccc1N1C(=O)c2cc(Cl)c(Cl)cc2C1=O)c1ccccc1N1C(=O)c2cc(Cl)c(Cl)cc2C1=O. The number of nitrogens with zero attached hydrogens (tertiary/aromatic N) is 6. The average Bonchev–Trinajstić information content (AvgIpc) is 1.61. The Morgan fingerprint density at radius 3 is 0.385 bits per heavy atom. The van der Waals surface area contributed by atoms with Crippen LogP contribution in [0.4, 0.5) is 34.1 Å². The highest BCUT2D eigenvalue weighted by atomic mass is 35.5. The lowest BCUT2D eigenvalue weighted by atomic mass is 9.72. The third kappa shape index (κ3) is 11.3. The Morgan fingerprint density at radius 1 is 0.171 bits per heavy atom. The Bertz CT molecular complexity index is 5520. The molecular formula is C86H36Cl12N6O13. The number of fused-ring (bicyclic) bond motifs is 6. The average molecular weight is 1790 g/mol. The third-order valence-corrected chi connectivity index (χ3v) is 25.3. The van der Waals surface area contributed by atoms with Gasteiger partial charge in [0.15, 0.2) is 11.2 Å². The molecule has 117 heavy (non-hydrogen) atoms. The number of rotatable bonds is 14. The van der Waals surface area contributed by atoms with E-state index in [1.165, 1.54) is 146 Å². The first-order valence-electron chi connectivity index (χ1n) is 34.5. The van der Waals surface area contributed by atoms with Crippen LogP contribution in [0.25, 0.3) is 0 Å². The minimum Gasteiger partial charge on any atom is -0.340 e. The number of ether oxygens (including phenoxy) is 1. The topological polar surface area (TPSA) is 234 Å². The van der Waals surface area contributed by atoms with Crippen molar-refractivity contribution in [2.45, 2.75) is 11.2 Å². The first-order valence-corrected chi connectivity index (χ1v) is 39.1. The second-order valence-corrected chi connectivity index (χ2v) is 32.0. The van der Waals surface area contributed by atoms with E-state index in [2.05, 4.69) is 0 Å². The van der Waals surface area contributed by atoms with Crippen LogP contribution in [-0.2, 0) is 15.9 Å². The third-order valence-electron chi connectivity index (χ3n) is 21.0. The Morgan fingerprint density at radius 2 is 0.274 bits per heavy atom. The number of carbonyl (C=O) groups is 12. The second kappa shape index (κ2) is 28.3. The van der Waals surface area contributed by atoms with Gasteiger partial charge in [0.2, 0.25) is 0 Å². The number of para-hydroxylation sites is 6. The van der Waals surface area contributed by atoms with Gasteiger partial charge in [-0.1, -0.05) is 248 Å². The summed E-state index contributed by atoms with van der Waals surface area (Å²) in [5.41, 5.74) is -15.8. The summed E-state index contributed by atoms with van der Waals surface area (Å²) in [5, 5.41) is -2.02. The normalized spacial score (nSPS) is 15.0. The molecule has 0 saturated carbocycles. The number of hydrogen-bond acceptors (Lipinski definition) is 13. The van der Waals surface area contributed by atoms with Crippen molar-refractivity contribution in [2.75, 3.05) is 29.4 Å². The molecule has 0 N–H and O–H groups in total. The molecular weight excluding hydrogens is 1750 g/mol. The Hall–Kier alpha value is -11.1. The highest BCUT2D eigenvalue weighted by Gasteiger charge is 2.60. The minimum absolute atomic E-state index is 0.169. The summed E-state index contributed by atoms with van der Waals surface area (Å²) >= 11 is 80.6. The summed E-state index contributed by atoms with van der Waals surface area (Å²) in [6.45, 7) is 0. The smallest absolute Gasteiger partial charge is 0.266 e. The first kappa shape index (κ1) is 77.2. The maximum Gasteiger partial charge on any atom is 0.266 e. The van der Waals surface area contributed by atoms with Crippen molar-refractivity contribution in [3.05, 3.63) is 379 Å². The Kier molecular flexibility index (Phi) is 18.7. The lowest BCUT2D eigenvalue weighted by molar-refractivity contribution is -0.0791. The number of anilines is 6. The summed E-state index contributed by atoms with van der Waals surface area (Å²) < 4.78 is 9.11. The van der Waals surface area contributed by atoms with E-state index < -0.39 is 150 Å². The van der Waals surface area contributed by atoms with Gasteiger partial charge in [-0.3, -0.25) is 57.5 Å². The van der Waals surface area contributed by atoms with Crippen LogP contribution >= 0.6 is 139 Å². The molecule has 6 heterocycles. The Labute approximate surface area is 719 Å². The van der Waals surface area contributed by atoms with Gasteiger partial charge in [0.25, 0.3) is 70.9 Å². The highest BCUT2D eigenvalue weighted by molar-refractivity contribution is 6.50. The number of amides is 12. The molecule has 0 aromatic heterocycles. The number of imide groups is 6. The molecule has 0 radical (unpaired) electrons. The van der Waals surface area contributed by atoms with Crippen LogP contribution in [0.2, 0.25) is 60.3 Å². The molecule has 12 amide bonds. The molecule has 0 unspecified atom stereocenters. The summed E-state index contributed by atoms with van der Waals surface area (Å²) in [6.07, 6.45) is 0. The number of halogens is 12. The highest BCUT2D eigenvalue weighted by Crippen LogP contribution is 2.62. The van der Waals surface area contributed by atoms with Gasteiger partial charge in [-0.15, -0.1) is 0 Å². The maximum absolute atomic E-state index is 16.1. The lowest BCUT2D eigenvalue weighted by Gasteiger charge is -2.50. The molecule has 572 valence electrons. The quantitative estimate of drug-likeness (QED) is 0.0729. The van der Waals surface area contributed by atoms with Crippen molar-refractivity contribution >= 4 is 244 Å². The van der Waals surface area contributed by atoms with Crippen LogP contribution in [0.15, 0.2) is 218 Å². The van der Waals surface area contributed by atoms with E-state index in [4.69, 9.17) is 144 Å². The fourth-order valence-electron chi connectivity index (χ4n) is 15.9. The van der Waals surface area contributed by atoms with Crippen LogP contribution < -0.4 is 29.4 Å². The molecule has 0 saturated heterocycles. The van der Waals surface area contributed by atoms with Gasteiger partial charge in [-0.25, -0.2) is 29.4 Å². The van der Waals surface area contributed by atoms with E-state index in [0.717, 1.165) is 102 Å². The molecule has 0 atom stereocenters. The van der Waals surface area contributed by atoms with Gasteiger partial charge in [-0.05, 0) is 109 Å². The monoisotopic (exact) mass is 1780 g/mol. The van der Waals surface area contributed by atoms with E-state index in [-0.39, 0.29) is 127 Å². The van der Waals surface area contributed by atoms with Crippen molar-refractivity contribution in [3.8, 4) is 0 Å². The summed E-state index contributed by atoms with van der Waals surface area (Å²) in [7, 11) is 0. The van der Waals surface area contributed by atoms with E-state index in [1.54, 1.807) is 0 Å². The lowest BCUT2D eigenvalue weighted by Crippen LogP contribution is -2.49.